The molecule has 1 aliphatic heterocycles. The summed E-state index contributed by atoms with van der Waals surface area (Å²) < 4.78 is 7.75. The largest absolute Gasteiger partial charge is 0.370 e. The van der Waals surface area contributed by atoms with Crippen molar-refractivity contribution in [1.29, 1.82) is 0 Å². The molecule has 1 aliphatic rings. The van der Waals surface area contributed by atoms with Gasteiger partial charge in [-0.3, -0.25) is 9.67 Å². The number of morpholine rings is 1. The van der Waals surface area contributed by atoms with Crippen LogP contribution < -0.4 is 5.32 Å². The molecule has 28 heavy (non-hydrogen) atoms. The lowest BCUT2D eigenvalue weighted by atomic mass is 10.0. The number of guanidine groups is 1. The Bertz CT molecular complexity index is 765. The van der Waals surface area contributed by atoms with Crippen LogP contribution in [-0.4, -0.2) is 53.9 Å². The van der Waals surface area contributed by atoms with E-state index in [2.05, 4.69) is 58.4 Å². The Hall–Kier alpha value is -2.34. The standard InChI is InChI=1S/C22H33N5O/c1-17(2)19-9-7-18(8-10-19)6-5-11-24-22(23-3)27-12-13-28-21(16-27)20-14-25-26(4)15-20/h7-10,14-15,17,21H,5-6,11-13,16H2,1-4H3,(H,23,24). The van der Waals surface area contributed by atoms with Crippen LogP contribution in [-0.2, 0) is 18.2 Å². The van der Waals surface area contributed by atoms with Gasteiger partial charge in [-0.2, -0.15) is 5.10 Å². The number of hydrogen-bond donors (Lipinski definition) is 1. The van der Waals surface area contributed by atoms with Gasteiger partial charge in [0.05, 0.1) is 19.3 Å². The third-order valence-corrected chi connectivity index (χ3v) is 5.25. The van der Waals surface area contributed by atoms with E-state index in [1.807, 2.05) is 31.2 Å². The average Bonchev–Trinajstić information content (AvgIpc) is 3.15. The maximum Gasteiger partial charge on any atom is 0.193 e. The SMILES string of the molecule is CN=C(NCCCc1ccc(C(C)C)cc1)N1CCOC(c2cnn(C)c2)C1. The summed E-state index contributed by atoms with van der Waals surface area (Å²) in [6.45, 7) is 7.72. The van der Waals surface area contributed by atoms with Gasteiger partial charge in [0.25, 0.3) is 0 Å². The smallest absolute Gasteiger partial charge is 0.193 e. The Labute approximate surface area is 168 Å². The first kappa shape index (κ1) is 20.4. The number of rotatable bonds is 6. The van der Waals surface area contributed by atoms with Crippen molar-refractivity contribution >= 4 is 5.96 Å². The van der Waals surface area contributed by atoms with Gasteiger partial charge < -0.3 is 15.0 Å². The molecule has 1 aromatic heterocycles. The van der Waals surface area contributed by atoms with Crippen molar-refractivity contribution in [3.8, 4) is 0 Å². The molecule has 0 amide bonds. The fourth-order valence-electron chi connectivity index (χ4n) is 3.54. The maximum atomic E-state index is 5.93. The molecule has 0 saturated carbocycles. The summed E-state index contributed by atoms with van der Waals surface area (Å²) in [6, 6.07) is 9.01. The number of aromatic nitrogens is 2. The van der Waals surface area contributed by atoms with Crippen molar-refractivity contribution in [3.05, 3.63) is 53.3 Å². The highest BCUT2D eigenvalue weighted by atomic mass is 16.5. The molecule has 6 nitrogen and oxygen atoms in total. The zero-order chi connectivity index (χ0) is 19.9. The molecule has 0 radical (unpaired) electrons. The third kappa shape index (κ3) is 5.35. The van der Waals surface area contributed by atoms with Gasteiger partial charge in [-0.25, -0.2) is 0 Å². The van der Waals surface area contributed by atoms with Gasteiger partial charge in [0, 0.05) is 38.9 Å². The van der Waals surface area contributed by atoms with E-state index < -0.39 is 0 Å². The van der Waals surface area contributed by atoms with Crippen molar-refractivity contribution in [1.82, 2.24) is 20.0 Å². The number of ether oxygens (including phenoxy) is 1. The predicted molar refractivity (Wildman–Crippen MR) is 114 cm³/mol. The summed E-state index contributed by atoms with van der Waals surface area (Å²) in [5.74, 6) is 1.54. The molecule has 6 heteroatoms. The van der Waals surface area contributed by atoms with Crippen LogP contribution in [0.2, 0.25) is 0 Å². The zero-order valence-electron chi connectivity index (χ0n) is 17.6. The quantitative estimate of drug-likeness (QED) is 0.473. The van der Waals surface area contributed by atoms with Crippen LogP contribution in [0, 0.1) is 0 Å². The van der Waals surface area contributed by atoms with Crippen LogP contribution in [0.25, 0.3) is 0 Å². The maximum absolute atomic E-state index is 5.93. The molecule has 1 aromatic carbocycles. The second-order valence-corrected chi connectivity index (χ2v) is 7.73. The Morgan fingerprint density at radius 3 is 2.75 bits per heavy atom. The van der Waals surface area contributed by atoms with Gasteiger partial charge in [0.2, 0.25) is 0 Å². The van der Waals surface area contributed by atoms with Gasteiger partial charge in [0.1, 0.15) is 6.10 Å². The van der Waals surface area contributed by atoms with Crippen LogP contribution in [0.3, 0.4) is 0 Å². The Balaban J connectivity index is 1.46. The van der Waals surface area contributed by atoms with Gasteiger partial charge in [-0.15, -0.1) is 0 Å². The van der Waals surface area contributed by atoms with Gasteiger partial charge in [0.15, 0.2) is 5.96 Å². The van der Waals surface area contributed by atoms with E-state index >= 15 is 0 Å². The molecule has 3 rings (SSSR count). The fourth-order valence-corrected chi connectivity index (χ4v) is 3.54. The van der Waals surface area contributed by atoms with E-state index in [9.17, 15) is 0 Å². The molecule has 1 fully saturated rings. The molecular weight excluding hydrogens is 350 g/mol. The van der Waals surface area contributed by atoms with E-state index in [1.165, 1.54) is 11.1 Å². The molecule has 0 spiro atoms. The van der Waals surface area contributed by atoms with Crippen molar-refractivity contribution in [3.63, 3.8) is 0 Å². The Morgan fingerprint density at radius 1 is 1.32 bits per heavy atom. The van der Waals surface area contributed by atoms with E-state index in [4.69, 9.17) is 4.74 Å². The summed E-state index contributed by atoms with van der Waals surface area (Å²) in [7, 11) is 3.78. The minimum absolute atomic E-state index is 0.0421. The minimum atomic E-state index is 0.0421. The number of aliphatic imine (C=N–C) groups is 1. The third-order valence-electron chi connectivity index (χ3n) is 5.25. The van der Waals surface area contributed by atoms with Gasteiger partial charge in [-0.05, 0) is 29.9 Å². The molecule has 0 bridgehead atoms. The number of benzene rings is 1. The number of aryl methyl sites for hydroxylation is 2. The van der Waals surface area contributed by atoms with Gasteiger partial charge in [-0.1, -0.05) is 38.1 Å². The van der Waals surface area contributed by atoms with Crippen LogP contribution in [0.15, 0.2) is 41.7 Å². The second kappa shape index (κ2) is 9.73. The lowest BCUT2D eigenvalue weighted by Crippen LogP contribution is -2.48. The van der Waals surface area contributed by atoms with Crippen LogP contribution in [0.5, 0.6) is 0 Å². The first-order valence-electron chi connectivity index (χ1n) is 10.2. The molecule has 152 valence electrons. The topological polar surface area (TPSA) is 54.7 Å². The summed E-state index contributed by atoms with van der Waals surface area (Å²) in [5, 5.41) is 7.77. The van der Waals surface area contributed by atoms with Crippen molar-refractivity contribution < 1.29 is 4.74 Å². The van der Waals surface area contributed by atoms with Crippen LogP contribution in [0.4, 0.5) is 0 Å². The Morgan fingerprint density at radius 2 is 2.11 bits per heavy atom. The van der Waals surface area contributed by atoms with E-state index in [0.717, 1.165) is 44.0 Å². The highest BCUT2D eigenvalue weighted by Crippen LogP contribution is 2.21. The van der Waals surface area contributed by atoms with E-state index in [0.29, 0.717) is 12.5 Å². The molecular formula is C22H33N5O. The molecule has 2 heterocycles. The summed E-state index contributed by atoms with van der Waals surface area (Å²) in [6.07, 6.45) is 6.10. The monoisotopic (exact) mass is 383 g/mol. The van der Waals surface area contributed by atoms with Crippen molar-refractivity contribution in [2.75, 3.05) is 33.3 Å². The lowest BCUT2D eigenvalue weighted by Gasteiger charge is -2.34. The normalized spacial score (nSPS) is 18.0. The molecule has 0 aliphatic carbocycles. The van der Waals surface area contributed by atoms with Gasteiger partial charge >= 0.3 is 0 Å². The molecule has 1 unspecified atom stereocenters. The number of nitrogens with one attached hydrogen (secondary N) is 1. The average molecular weight is 384 g/mol. The molecule has 1 saturated heterocycles. The highest BCUT2D eigenvalue weighted by Gasteiger charge is 2.24. The first-order chi connectivity index (χ1) is 13.6. The van der Waals surface area contributed by atoms with Crippen molar-refractivity contribution in [2.45, 2.75) is 38.7 Å². The summed E-state index contributed by atoms with van der Waals surface area (Å²) in [5.41, 5.74) is 3.91. The minimum Gasteiger partial charge on any atom is -0.370 e. The first-order valence-corrected chi connectivity index (χ1v) is 10.2. The molecule has 1 N–H and O–H groups in total. The Kier molecular flexibility index (Phi) is 7.09. The van der Waals surface area contributed by atoms with Crippen LogP contribution >= 0.6 is 0 Å². The fraction of sp³-hybridized carbons (Fsp3) is 0.545. The second-order valence-electron chi connectivity index (χ2n) is 7.73. The summed E-state index contributed by atoms with van der Waals surface area (Å²) >= 11 is 0. The van der Waals surface area contributed by atoms with Crippen LogP contribution in [0.1, 0.15) is 49.0 Å². The van der Waals surface area contributed by atoms with Crippen molar-refractivity contribution in [2.24, 2.45) is 12.0 Å². The highest BCUT2D eigenvalue weighted by molar-refractivity contribution is 5.80. The number of hydrogen-bond acceptors (Lipinski definition) is 3. The number of nitrogens with zero attached hydrogens (tertiary/aromatic N) is 4. The molecule has 1 atom stereocenters. The predicted octanol–water partition coefficient (Wildman–Crippen LogP) is 3.13. The van der Waals surface area contributed by atoms with E-state index in [-0.39, 0.29) is 6.10 Å². The summed E-state index contributed by atoms with van der Waals surface area (Å²) in [4.78, 5) is 6.75. The zero-order valence-corrected chi connectivity index (χ0v) is 17.6. The van der Waals surface area contributed by atoms with E-state index in [1.54, 1.807) is 0 Å². The molecule has 2 aromatic rings. The lowest BCUT2D eigenvalue weighted by molar-refractivity contribution is -0.00801.